The van der Waals surface area contributed by atoms with Gasteiger partial charge in [-0.25, -0.2) is 22.5 Å². The summed E-state index contributed by atoms with van der Waals surface area (Å²) in [7, 11) is -4.83. The highest BCUT2D eigenvalue weighted by molar-refractivity contribution is 7.85. The van der Waals surface area contributed by atoms with Gasteiger partial charge in [0.05, 0.1) is 0 Å². The van der Waals surface area contributed by atoms with Gasteiger partial charge in [0, 0.05) is 6.54 Å². The molecule has 4 amide bonds. The first-order valence-corrected chi connectivity index (χ1v) is 15.1. The zero-order chi connectivity index (χ0) is 30.1. The van der Waals surface area contributed by atoms with Crippen LogP contribution >= 0.6 is 0 Å². The summed E-state index contributed by atoms with van der Waals surface area (Å²) in [4.78, 5) is 52.4. The van der Waals surface area contributed by atoms with Crippen LogP contribution in [0.3, 0.4) is 0 Å². The number of halogens is 2. The summed E-state index contributed by atoms with van der Waals surface area (Å²) in [6.07, 6.45) is 2.43. The van der Waals surface area contributed by atoms with Crippen LogP contribution in [0.15, 0.2) is 0 Å². The van der Waals surface area contributed by atoms with Gasteiger partial charge in [-0.05, 0) is 52.4 Å². The number of unbranched alkanes of at least 4 members (excludes halogenated alkanes) is 4. The molecular formula is C25H42F2N4O8S. The summed E-state index contributed by atoms with van der Waals surface area (Å²) in [5.74, 6) is -2.61. The fourth-order valence-electron chi connectivity index (χ4n) is 4.74. The van der Waals surface area contributed by atoms with Gasteiger partial charge in [0.25, 0.3) is 12.3 Å². The SMILES string of the molecule is CCCCCCC[C@@H]1C[C@]1(NC(=O)[C@@H]1CCCN1C(=O)CNC(=O)OC(C)(C)C)C(=O)NS(=O)(=O)OCC(F)F. The minimum Gasteiger partial charge on any atom is -0.444 e. The van der Waals surface area contributed by atoms with Crippen LogP contribution in [0.4, 0.5) is 13.6 Å². The van der Waals surface area contributed by atoms with Crippen LogP contribution in [0.5, 0.6) is 0 Å². The fourth-order valence-corrected chi connectivity index (χ4v) is 5.49. The molecule has 0 radical (unpaired) electrons. The summed E-state index contributed by atoms with van der Waals surface area (Å²) >= 11 is 0. The molecule has 0 spiro atoms. The molecule has 0 bridgehead atoms. The van der Waals surface area contributed by atoms with Crippen LogP contribution in [0.25, 0.3) is 0 Å². The third kappa shape index (κ3) is 10.5. The lowest BCUT2D eigenvalue weighted by Crippen LogP contribution is -2.57. The van der Waals surface area contributed by atoms with E-state index in [9.17, 15) is 36.4 Å². The van der Waals surface area contributed by atoms with Gasteiger partial charge in [-0.15, -0.1) is 0 Å². The van der Waals surface area contributed by atoms with E-state index in [0.717, 1.165) is 32.1 Å². The molecule has 1 aliphatic heterocycles. The largest absolute Gasteiger partial charge is 0.444 e. The van der Waals surface area contributed by atoms with Crippen molar-refractivity contribution < 1.29 is 45.3 Å². The predicted octanol–water partition coefficient (Wildman–Crippen LogP) is 2.38. The summed E-state index contributed by atoms with van der Waals surface area (Å²) in [6.45, 7) is 5.54. The van der Waals surface area contributed by atoms with Crippen molar-refractivity contribution in [2.75, 3.05) is 19.7 Å². The van der Waals surface area contributed by atoms with Gasteiger partial charge in [-0.1, -0.05) is 39.0 Å². The number of likely N-dealkylation sites (tertiary alicyclic amines) is 1. The number of amides is 4. The van der Waals surface area contributed by atoms with Crippen molar-refractivity contribution in [1.82, 2.24) is 20.3 Å². The predicted molar refractivity (Wildman–Crippen MR) is 140 cm³/mol. The normalized spacial score (nSPS) is 22.6. The Labute approximate surface area is 234 Å². The van der Waals surface area contributed by atoms with E-state index in [0.29, 0.717) is 19.3 Å². The van der Waals surface area contributed by atoms with E-state index < -0.39 is 70.9 Å². The molecule has 12 nitrogen and oxygen atoms in total. The molecule has 0 aromatic carbocycles. The highest BCUT2D eigenvalue weighted by Crippen LogP contribution is 2.47. The van der Waals surface area contributed by atoms with E-state index in [1.807, 2.05) is 0 Å². The van der Waals surface area contributed by atoms with Gasteiger partial charge in [0.2, 0.25) is 11.8 Å². The second-order valence-electron chi connectivity index (χ2n) is 11.2. The number of hydrogen-bond acceptors (Lipinski definition) is 8. The number of ether oxygens (including phenoxy) is 1. The number of carbonyl (C=O) groups is 4. The minimum absolute atomic E-state index is 0.156. The molecule has 3 N–H and O–H groups in total. The summed E-state index contributed by atoms with van der Waals surface area (Å²) < 4.78 is 59.9. The molecule has 2 rings (SSSR count). The van der Waals surface area contributed by atoms with Crippen LogP contribution in [-0.4, -0.2) is 80.4 Å². The Hall–Kier alpha value is -2.55. The molecule has 2 aliphatic rings. The number of nitrogens with zero attached hydrogens (tertiary/aromatic N) is 1. The average molecular weight is 597 g/mol. The Morgan fingerprint density at radius 1 is 1.10 bits per heavy atom. The zero-order valence-corrected chi connectivity index (χ0v) is 24.4. The maximum Gasteiger partial charge on any atom is 0.408 e. The van der Waals surface area contributed by atoms with E-state index in [1.54, 1.807) is 25.5 Å². The number of hydrogen-bond donors (Lipinski definition) is 3. The number of alkyl carbamates (subject to hydrolysis) is 1. The Bertz CT molecular complexity index is 1020. The summed E-state index contributed by atoms with van der Waals surface area (Å²) in [5, 5.41) is 5.02. The second kappa shape index (κ2) is 14.4. The maximum atomic E-state index is 13.3. The Kier molecular flexibility index (Phi) is 12.1. The first-order valence-electron chi connectivity index (χ1n) is 13.7. The van der Waals surface area contributed by atoms with Crippen molar-refractivity contribution in [3.05, 3.63) is 0 Å². The molecule has 3 atom stereocenters. The third-order valence-electron chi connectivity index (χ3n) is 6.74. The average Bonchev–Trinajstić information content (AvgIpc) is 3.30. The van der Waals surface area contributed by atoms with Gasteiger partial charge in [-0.2, -0.15) is 8.42 Å². The van der Waals surface area contributed by atoms with Crippen molar-refractivity contribution in [3.8, 4) is 0 Å². The molecule has 40 heavy (non-hydrogen) atoms. The first-order chi connectivity index (χ1) is 18.6. The smallest absolute Gasteiger partial charge is 0.408 e. The van der Waals surface area contributed by atoms with Crippen molar-refractivity contribution >= 4 is 34.1 Å². The molecule has 2 fully saturated rings. The molecule has 1 saturated carbocycles. The zero-order valence-electron chi connectivity index (χ0n) is 23.6. The highest BCUT2D eigenvalue weighted by Gasteiger charge is 2.62. The first kappa shape index (κ1) is 33.7. The van der Waals surface area contributed by atoms with E-state index in [4.69, 9.17) is 4.74 Å². The minimum atomic E-state index is -4.83. The molecule has 1 heterocycles. The van der Waals surface area contributed by atoms with Crippen molar-refractivity contribution in [1.29, 1.82) is 0 Å². The van der Waals surface area contributed by atoms with E-state index >= 15 is 0 Å². The van der Waals surface area contributed by atoms with Gasteiger partial charge in [0.15, 0.2) is 0 Å². The quantitative estimate of drug-likeness (QED) is 0.243. The lowest BCUT2D eigenvalue weighted by molar-refractivity contribution is -0.139. The van der Waals surface area contributed by atoms with Crippen LogP contribution in [0.1, 0.15) is 85.5 Å². The molecule has 1 aliphatic carbocycles. The van der Waals surface area contributed by atoms with Crippen LogP contribution in [0, 0.1) is 5.92 Å². The Morgan fingerprint density at radius 3 is 2.40 bits per heavy atom. The van der Waals surface area contributed by atoms with Crippen molar-refractivity contribution in [2.24, 2.45) is 5.92 Å². The second-order valence-corrected chi connectivity index (χ2v) is 12.6. The van der Waals surface area contributed by atoms with Crippen LogP contribution < -0.4 is 15.4 Å². The molecule has 0 unspecified atom stereocenters. The molecule has 0 aromatic rings. The monoisotopic (exact) mass is 596 g/mol. The van der Waals surface area contributed by atoms with E-state index in [-0.39, 0.29) is 18.9 Å². The summed E-state index contributed by atoms with van der Waals surface area (Å²) in [6, 6.07) is -0.935. The number of rotatable bonds is 15. The third-order valence-corrected chi connectivity index (χ3v) is 7.62. The van der Waals surface area contributed by atoms with Crippen LogP contribution in [0.2, 0.25) is 0 Å². The number of carbonyl (C=O) groups excluding carboxylic acids is 4. The van der Waals surface area contributed by atoms with Gasteiger partial charge in [-0.3, -0.25) is 14.4 Å². The van der Waals surface area contributed by atoms with Crippen molar-refractivity contribution in [3.63, 3.8) is 0 Å². The standard InChI is InChI=1S/C25H42F2N4O8S/c1-5-6-7-8-9-11-17-14-25(17,22(34)30-40(36,37)38-16-19(26)27)29-21(33)18-12-10-13-31(18)20(32)15-28-23(35)39-24(2,3)4/h17-19H,5-16H2,1-4H3,(H,28,35)(H,29,33)(H,30,34)/t17-,18+,25-/m1/s1. The van der Waals surface area contributed by atoms with Gasteiger partial charge < -0.3 is 20.3 Å². The lowest BCUT2D eigenvalue weighted by Gasteiger charge is -2.27. The molecule has 1 saturated heterocycles. The Morgan fingerprint density at radius 2 is 1.77 bits per heavy atom. The van der Waals surface area contributed by atoms with Gasteiger partial charge in [0.1, 0.15) is 30.3 Å². The summed E-state index contributed by atoms with van der Waals surface area (Å²) in [5.41, 5.74) is -2.33. The van der Waals surface area contributed by atoms with Crippen LogP contribution in [-0.2, 0) is 33.6 Å². The maximum absolute atomic E-state index is 13.3. The number of alkyl halides is 2. The number of nitrogens with one attached hydrogen (secondary N) is 3. The Balaban J connectivity index is 2.07. The van der Waals surface area contributed by atoms with E-state index in [1.165, 1.54) is 4.90 Å². The molecular weight excluding hydrogens is 554 g/mol. The molecule has 0 aromatic heterocycles. The van der Waals surface area contributed by atoms with E-state index in [2.05, 4.69) is 21.7 Å². The highest BCUT2D eigenvalue weighted by atomic mass is 32.2. The fraction of sp³-hybridized carbons (Fsp3) is 0.840. The molecule has 15 heteroatoms. The van der Waals surface area contributed by atoms with Crippen molar-refractivity contribution in [2.45, 2.75) is 109 Å². The lowest BCUT2D eigenvalue weighted by atomic mass is 10.0. The topological polar surface area (TPSA) is 160 Å². The van der Waals surface area contributed by atoms with Gasteiger partial charge >= 0.3 is 16.4 Å². The molecule has 230 valence electrons.